The Kier molecular flexibility index (Phi) is 5.41. The number of methoxy groups -OCH3 is 1. The first-order valence-electron chi connectivity index (χ1n) is 9.59. The highest BCUT2D eigenvalue weighted by Gasteiger charge is 2.27. The SMILES string of the molecule is COc1ccccc1-c1cc(C(=O)N2CCCC(Oc3ccc(C)nn3)C2)[nH]n1. The third kappa shape index (κ3) is 4.21. The van der Waals surface area contributed by atoms with Gasteiger partial charge in [0.1, 0.15) is 17.5 Å². The molecule has 1 aromatic carbocycles. The van der Waals surface area contributed by atoms with Crippen molar-refractivity contribution >= 4 is 5.91 Å². The van der Waals surface area contributed by atoms with E-state index in [0.717, 1.165) is 24.1 Å². The first kappa shape index (κ1) is 18.9. The van der Waals surface area contributed by atoms with E-state index in [0.29, 0.717) is 36.1 Å². The van der Waals surface area contributed by atoms with Crippen LogP contribution < -0.4 is 9.47 Å². The summed E-state index contributed by atoms with van der Waals surface area (Å²) >= 11 is 0. The lowest BCUT2D eigenvalue weighted by atomic mass is 10.1. The smallest absolute Gasteiger partial charge is 0.272 e. The van der Waals surface area contributed by atoms with E-state index in [1.807, 2.05) is 37.3 Å². The summed E-state index contributed by atoms with van der Waals surface area (Å²) in [6.07, 6.45) is 1.62. The van der Waals surface area contributed by atoms with Crippen LogP contribution >= 0.6 is 0 Å². The quantitative estimate of drug-likeness (QED) is 0.716. The predicted octanol–water partition coefficient (Wildman–Crippen LogP) is 2.87. The second-order valence-electron chi connectivity index (χ2n) is 7.01. The van der Waals surface area contributed by atoms with Crippen LogP contribution in [0.1, 0.15) is 29.0 Å². The number of ether oxygens (including phenoxy) is 2. The lowest BCUT2D eigenvalue weighted by Crippen LogP contribution is -2.44. The fourth-order valence-electron chi connectivity index (χ4n) is 3.44. The van der Waals surface area contributed by atoms with Crippen LogP contribution in [-0.2, 0) is 0 Å². The van der Waals surface area contributed by atoms with Crippen molar-refractivity contribution in [2.45, 2.75) is 25.9 Å². The van der Waals surface area contributed by atoms with Crippen LogP contribution in [0.2, 0.25) is 0 Å². The Labute approximate surface area is 168 Å². The maximum atomic E-state index is 13.0. The van der Waals surface area contributed by atoms with Gasteiger partial charge in [0.25, 0.3) is 5.91 Å². The van der Waals surface area contributed by atoms with E-state index in [1.165, 1.54) is 0 Å². The maximum absolute atomic E-state index is 13.0. The van der Waals surface area contributed by atoms with Crippen LogP contribution in [0, 0.1) is 6.92 Å². The molecule has 1 aliphatic heterocycles. The van der Waals surface area contributed by atoms with Crippen molar-refractivity contribution in [1.29, 1.82) is 0 Å². The topological polar surface area (TPSA) is 93.2 Å². The molecule has 1 aliphatic rings. The molecule has 8 heteroatoms. The Morgan fingerprint density at radius 2 is 2.07 bits per heavy atom. The number of nitrogens with zero attached hydrogens (tertiary/aromatic N) is 4. The number of carbonyl (C=O) groups excluding carboxylic acids is 1. The summed E-state index contributed by atoms with van der Waals surface area (Å²) in [6.45, 7) is 3.06. The number of aromatic amines is 1. The van der Waals surface area contributed by atoms with Crippen LogP contribution in [-0.4, -0.2) is 57.5 Å². The number of aromatic nitrogens is 4. The molecule has 2 aromatic heterocycles. The largest absolute Gasteiger partial charge is 0.496 e. The van der Waals surface area contributed by atoms with E-state index in [4.69, 9.17) is 9.47 Å². The standard InChI is InChI=1S/C21H23N5O3/c1-14-9-10-20(25-22-14)29-15-6-5-11-26(13-15)21(27)18-12-17(23-24-18)16-7-3-4-8-19(16)28-2/h3-4,7-10,12,15H,5-6,11,13H2,1-2H3,(H,23,24). The minimum atomic E-state index is -0.110. The van der Waals surface area contributed by atoms with Gasteiger partial charge in [-0.15, -0.1) is 5.10 Å². The van der Waals surface area contributed by atoms with Crippen molar-refractivity contribution in [2.75, 3.05) is 20.2 Å². The van der Waals surface area contributed by atoms with Crippen LogP contribution in [0.25, 0.3) is 11.3 Å². The van der Waals surface area contributed by atoms with Gasteiger partial charge in [-0.25, -0.2) is 0 Å². The first-order chi connectivity index (χ1) is 14.1. The van der Waals surface area contributed by atoms with Crippen molar-refractivity contribution in [3.63, 3.8) is 0 Å². The average molecular weight is 393 g/mol. The first-order valence-corrected chi connectivity index (χ1v) is 9.59. The molecule has 1 atom stereocenters. The third-order valence-corrected chi connectivity index (χ3v) is 4.92. The number of amides is 1. The van der Waals surface area contributed by atoms with Crippen molar-refractivity contribution < 1.29 is 14.3 Å². The lowest BCUT2D eigenvalue weighted by molar-refractivity contribution is 0.0520. The van der Waals surface area contributed by atoms with Gasteiger partial charge in [-0.3, -0.25) is 9.89 Å². The zero-order chi connectivity index (χ0) is 20.2. The summed E-state index contributed by atoms with van der Waals surface area (Å²) in [5.41, 5.74) is 2.79. The van der Waals surface area contributed by atoms with Gasteiger partial charge in [-0.1, -0.05) is 12.1 Å². The molecule has 1 saturated heterocycles. The summed E-state index contributed by atoms with van der Waals surface area (Å²) in [5, 5.41) is 15.2. The van der Waals surface area contributed by atoms with Crippen molar-refractivity contribution in [1.82, 2.24) is 25.3 Å². The van der Waals surface area contributed by atoms with Crippen molar-refractivity contribution in [3.05, 3.63) is 53.9 Å². The molecule has 1 unspecified atom stereocenters. The molecule has 29 heavy (non-hydrogen) atoms. The fraction of sp³-hybridized carbons (Fsp3) is 0.333. The molecule has 150 valence electrons. The van der Waals surface area contributed by atoms with Gasteiger partial charge in [-0.2, -0.15) is 10.2 Å². The number of hydrogen-bond acceptors (Lipinski definition) is 6. The van der Waals surface area contributed by atoms with Gasteiger partial charge in [0.2, 0.25) is 5.88 Å². The molecule has 0 bridgehead atoms. The highest BCUT2D eigenvalue weighted by molar-refractivity contribution is 5.93. The van der Waals surface area contributed by atoms with Gasteiger partial charge in [0.15, 0.2) is 0 Å². The molecule has 1 amide bonds. The fourth-order valence-corrected chi connectivity index (χ4v) is 3.44. The number of rotatable bonds is 5. The Bertz CT molecular complexity index is 986. The molecule has 1 fully saturated rings. The molecule has 0 aliphatic carbocycles. The Morgan fingerprint density at radius 3 is 2.86 bits per heavy atom. The number of para-hydroxylation sites is 1. The zero-order valence-electron chi connectivity index (χ0n) is 16.5. The third-order valence-electron chi connectivity index (χ3n) is 4.92. The molecule has 0 saturated carbocycles. The summed E-state index contributed by atoms with van der Waals surface area (Å²) in [7, 11) is 1.61. The molecule has 4 rings (SSSR count). The van der Waals surface area contributed by atoms with Gasteiger partial charge >= 0.3 is 0 Å². The van der Waals surface area contributed by atoms with E-state index >= 15 is 0 Å². The molecule has 1 N–H and O–H groups in total. The minimum absolute atomic E-state index is 0.0954. The van der Waals surface area contributed by atoms with E-state index in [1.54, 1.807) is 24.1 Å². The predicted molar refractivity (Wildman–Crippen MR) is 107 cm³/mol. The van der Waals surface area contributed by atoms with E-state index in [9.17, 15) is 4.79 Å². The average Bonchev–Trinajstić information content (AvgIpc) is 3.25. The zero-order valence-corrected chi connectivity index (χ0v) is 16.5. The van der Waals surface area contributed by atoms with Crippen LogP contribution in [0.3, 0.4) is 0 Å². The molecule has 0 radical (unpaired) electrons. The summed E-state index contributed by atoms with van der Waals surface area (Å²) < 4.78 is 11.3. The molecule has 3 aromatic rings. The molecular formula is C21H23N5O3. The maximum Gasteiger partial charge on any atom is 0.272 e. The van der Waals surface area contributed by atoms with E-state index < -0.39 is 0 Å². The van der Waals surface area contributed by atoms with Crippen molar-refractivity contribution in [3.8, 4) is 22.9 Å². The van der Waals surface area contributed by atoms with Crippen molar-refractivity contribution in [2.24, 2.45) is 0 Å². The normalized spacial score (nSPS) is 16.5. The van der Waals surface area contributed by atoms with Crippen LogP contribution in [0.5, 0.6) is 11.6 Å². The number of H-pyrrole nitrogens is 1. The van der Waals surface area contributed by atoms with E-state index in [-0.39, 0.29) is 12.0 Å². The number of nitrogens with one attached hydrogen (secondary N) is 1. The Morgan fingerprint density at radius 1 is 1.21 bits per heavy atom. The number of hydrogen-bond donors (Lipinski definition) is 1. The number of benzene rings is 1. The monoisotopic (exact) mass is 393 g/mol. The summed E-state index contributed by atoms with van der Waals surface area (Å²) in [6, 6.07) is 13.0. The van der Waals surface area contributed by atoms with Gasteiger partial charge in [0.05, 0.1) is 25.0 Å². The molecule has 0 spiro atoms. The Hall–Kier alpha value is -3.42. The number of likely N-dealkylation sites (tertiary alicyclic amines) is 1. The molecule has 3 heterocycles. The minimum Gasteiger partial charge on any atom is -0.496 e. The van der Waals surface area contributed by atoms with Crippen LogP contribution in [0.15, 0.2) is 42.5 Å². The highest BCUT2D eigenvalue weighted by atomic mass is 16.5. The summed E-state index contributed by atoms with van der Waals surface area (Å²) in [5.74, 6) is 1.10. The molecule has 8 nitrogen and oxygen atoms in total. The van der Waals surface area contributed by atoms with Gasteiger partial charge < -0.3 is 14.4 Å². The van der Waals surface area contributed by atoms with Gasteiger partial charge in [0, 0.05) is 18.2 Å². The van der Waals surface area contributed by atoms with E-state index in [2.05, 4.69) is 20.4 Å². The Balaban J connectivity index is 1.45. The highest BCUT2D eigenvalue weighted by Crippen LogP contribution is 2.28. The second-order valence-corrected chi connectivity index (χ2v) is 7.01. The van der Waals surface area contributed by atoms with Gasteiger partial charge in [-0.05, 0) is 44.0 Å². The lowest BCUT2D eigenvalue weighted by Gasteiger charge is -2.32. The summed E-state index contributed by atoms with van der Waals surface area (Å²) in [4.78, 5) is 14.8. The number of carbonyl (C=O) groups is 1. The molecular weight excluding hydrogens is 370 g/mol. The number of piperidine rings is 1. The second kappa shape index (κ2) is 8.30. The van der Waals surface area contributed by atoms with Crippen LogP contribution in [0.4, 0.5) is 0 Å². The number of aryl methyl sites for hydroxylation is 1.